The Balaban J connectivity index is 2.46. The smallest absolute Gasteiger partial charge is 0.343 e. The molecule has 78 valence electrons. The van der Waals surface area contributed by atoms with Crippen molar-refractivity contribution in [2.24, 2.45) is 0 Å². The summed E-state index contributed by atoms with van der Waals surface area (Å²) >= 11 is 6.67. The first kappa shape index (κ1) is 11.3. The molecule has 1 heterocycles. The third kappa shape index (κ3) is 3.19. The zero-order valence-corrected chi connectivity index (χ0v) is 8.26. The van der Waals surface area contributed by atoms with Crippen molar-refractivity contribution in [1.29, 1.82) is 0 Å². The zero-order chi connectivity index (χ0) is 10.8. The zero-order valence-electron chi connectivity index (χ0n) is 6.69. The summed E-state index contributed by atoms with van der Waals surface area (Å²) in [5.41, 5.74) is 0. The van der Waals surface area contributed by atoms with Gasteiger partial charge in [-0.25, -0.2) is 0 Å². The van der Waals surface area contributed by atoms with Crippen molar-refractivity contribution in [3.63, 3.8) is 0 Å². The number of halogens is 4. The van der Waals surface area contributed by atoms with E-state index in [4.69, 9.17) is 11.6 Å². The van der Waals surface area contributed by atoms with E-state index in [0.29, 0.717) is 9.21 Å². The van der Waals surface area contributed by atoms with Gasteiger partial charge in [-0.2, -0.15) is 13.2 Å². The molecular formula is C7H5ClF3NOS. The Kier molecular flexibility index (Phi) is 3.38. The third-order valence-corrected chi connectivity index (χ3v) is 2.54. The van der Waals surface area contributed by atoms with E-state index in [1.54, 1.807) is 17.4 Å². The Hall–Kier alpha value is -0.750. The van der Waals surface area contributed by atoms with Crippen molar-refractivity contribution in [2.75, 3.05) is 0 Å². The minimum absolute atomic E-state index is 0.157. The van der Waals surface area contributed by atoms with Crippen molar-refractivity contribution < 1.29 is 18.0 Å². The van der Waals surface area contributed by atoms with Crippen LogP contribution in [0.3, 0.4) is 0 Å². The number of hydrogen-bond acceptors (Lipinski definition) is 2. The number of thiophene rings is 1. The number of nitrogens with one attached hydrogen (secondary N) is 1. The predicted octanol–water partition coefficient (Wildman–Crippen LogP) is 2.58. The molecule has 0 unspecified atom stereocenters. The van der Waals surface area contributed by atoms with Gasteiger partial charge in [0, 0.05) is 4.88 Å². The second-order valence-corrected chi connectivity index (χ2v) is 4.19. The minimum Gasteiger partial charge on any atom is -0.343 e. The van der Waals surface area contributed by atoms with Crippen molar-refractivity contribution in [3.8, 4) is 0 Å². The average Bonchev–Trinajstić information content (AvgIpc) is 2.45. The summed E-state index contributed by atoms with van der Waals surface area (Å²) < 4.78 is 35.6. The van der Waals surface area contributed by atoms with Gasteiger partial charge >= 0.3 is 12.1 Å². The normalized spacial score (nSPS) is 11.4. The second-order valence-electron chi connectivity index (χ2n) is 2.39. The summed E-state index contributed by atoms with van der Waals surface area (Å²) in [5, 5.41) is 1.74. The number of rotatable bonds is 2. The van der Waals surface area contributed by atoms with Crippen LogP contribution in [-0.4, -0.2) is 12.1 Å². The fourth-order valence-corrected chi connectivity index (χ4v) is 1.74. The Morgan fingerprint density at radius 3 is 2.57 bits per heavy atom. The Morgan fingerprint density at radius 2 is 2.14 bits per heavy atom. The standard InChI is InChI=1S/C7H5ClF3NOS/c8-5-2-1-4(14-5)3-12-6(13)7(9,10)11/h1-2H,3H2,(H,12,13). The molecule has 7 heteroatoms. The van der Waals surface area contributed by atoms with Crippen molar-refractivity contribution in [3.05, 3.63) is 21.3 Å². The van der Waals surface area contributed by atoms with Gasteiger partial charge in [0.15, 0.2) is 0 Å². The monoisotopic (exact) mass is 243 g/mol. The topological polar surface area (TPSA) is 29.1 Å². The molecule has 0 radical (unpaired) electrons. The fourth-order valence-electron chi connectivity index (χ4n) is 0.714. The molecule has 0 atom stereocenters. The van der Waals surface area contributed by atoms with E-state index in [-0.39, 0.29) is 6.54 Å². The second kappa shape index (κ2) is 4.18. The van der Waals surface area contributed by atoms with E-state index in [2.05, 4.69) is 0 Å². The molecule has 0 fully saturated rings. The summed E-state index contributed by atoms with van der Waals surface area (Å²) in [5.74, 6) is -1.94. The van der Waals surface area contributed by atoms with Crippen LogP contribution >= 0.6 is 22.9 Å². The summed E-state index contributed by atoms with van der Waals surface area (Å²) in [6.07, 6.45) is -4.83. The van der Waals surface area contributed by atoms with Gasteiger partial charge in [-0.05, 0) is 12.1 Å². The van der Waals surface area contributed by atoms with Crippen LogP contribution in [0.15, 0.2) is 12.1 Å². The summed E-state index contributed by atoms with van der Waals surface area (Å²) in [6, 6.07) is 3.12. The van der Waals surface area contributed by atoms with Gasteiger partial charge in [0.25, 0.3) is 0 Å². The maximum Gasteiger partial charge on any atom is 0.471 e. The van der Waals surface area contributed by atoms with E-state index in [1.165, 1.54) is 0 Å². The van der Waals surface area contributed by atoms with Crippen LogP contribution in [-0.2, 0) is 11.3 Å². The van der Waals surface area contributed by atoms with Crippen LogP contribution in [0.2, 0.25) is 4.34 Å². The van der Waals surface area contributed by atoms with Crippen LogP contribution in [0, 0.1) is 0 Å². The highest BCUT2D eigenvalue weighted by molar-refractivity contribution is 7.16. The molecule has 1 aromatic heterocycles. The van der Waals surface area contributed by atoms with Gasteiger partial charge in [-0.3, -0.25) is 4.79 Å². The minimum atomic E-state index is -4.83. The molecule has 1 aromatic rings. The van der Waals surface area contributed by atoms with Gasteiger partial charge in [0.1, 0.15) is 0 Å². The number of amides is 1. The summed E-state index contributed by atoms with van der Waals surface area (Å²) in [6.45, 7) is -0.157. The first-order chi connectivity index (χ1) is 6.39. The van der Waals surface area contributed by atoms with Gasteiger partial charge in [0.2, 0.25) is 0 Å². The molecule has 0 saturated heterocycles. The van der Waals surface area contributed by atoms with Crippen molar-refractivity contribution >= 4 is 28.8 Å². The molecule has 0 spiro atoms. The van der Waals surface area contributed by atoms with E-state index < -0.39 is 12.1 Å². The van der Waals surface area contributed by atoms with Crippen LogP contribution < -0.4 is 5.32 Å². The predicted molar refractivity (Wildman–Crippen MR) is 47.2 cm³/mol. The molecule has 2 nitrogen and oxygen atoms in total. The molecule has 1 rings (SSSR count). The molecule has 0 saturated carbocycles. The van der Waals surface area contributed by atoms with Crippen molar-refractivity contribution in [2.45, 2.75) is 12.7 Å². The molecular weight excluding hydrogens is 239 g/mol. The lowest BCUT2D eigenvalue weighted by Gasteiger charge is -2.05. The van der Waals surface area contributed by atoms with E-state index in [9.17, 15) is 18.0 Å². The van der Waals surface area contributed by atoms with E-state index >= 15 is 0 Å². The maximum atomic E-state index is 11.7. The molecule has 0 bridgehead atoms. The van der Waals surface area contributed by atoms with Crippen LogP contribution in [0.4, 0.5) is 13.2 Å². The molecule has 1 N–H and O–H groups in total. The van der Waals surface area contributed by atoms with Gasteiger partial charge in [-0.1, -0.05) is 11.6 Å². The first-order valence-corrected chi connectivity index (χ1v) is 4.68. The first-order valence-electron chi connectivity index (χ1n) is 3.49. The number of carbonyl (C=O) groups is 1. The number of carbonyl (C=O) groups excluding carboxylic acids is 1. The highest BCUT2D eigenvalue weighted by atomic mass is 35.5. The largest absolute Gasteiger partial charge is 0.471 e. The number of hydrogen-bond donors (Lipinski definition) is 1. The highest BCUT2D eigenvalue weighted by Gasteiger charge is 2.38. The molecule has 0 aliphatic rings. The molecule has 1 amide bonds. The third-order valence-electron chi connectivity index (χ3n) is 1.31. The average molecular weight is 244 g/mol. The summed E-state index contributed by atoms with van der Waals surface area (Å²) in [7, 11) is 0. The molecule has 0 aromatic carbocycles. The Labute approximate surface area is 86.7 Å². The molecule has 0 aliphatic heterocycles. The van der Waals surface area contributed by atoms with Crippen molar-refractivity contribution in [1.82, 2.24) is 5.32 Å². The molecule has 0 aliphatic carbocycles. The lowest BCUT2D eigenvalue weighted by atomic mass is 10.4. The lowest BCUT2D eigenvalue weighted by molar-refractivity contribution is -0.173. The lowest BCUT2D eigenvalue weighted by Crippen LogP contribution is -2.36. The molecule has 14 heavy (non-hydrogen) atoms. The SMILES string of the molecule is O=C(NCc1ccc(Cl)s1)C(F)(F)F. The van der Waals surface area contributed by atoms with E-state index in [0.717, 1.165) is 11.3 Å². The van der Waals surface area contributed by atoms with Gasteiger partial charge in [-0.15, -0.1) is 11.3 Å². The highest BCUT2D eigenvalue weighted by Crippen LogP contribution is 2.21. The maximum absolute atomic E-state index is 11.7. The van der Waals surface area contributed by atoms with Gasteiger partial charge in [0.05, 0.1) is 10.9 Å². The van der Waals surface area contributed by atoms with Crippen LogP contribution in [0.25, 0.3) is 0 Å². The van der Waals surface area contributed by atoms with Gasteiger partial charge < -0.3 is 5.32 Å². The van der Waals surface area contributed by atoms with Crippen LogP contribution in [0.5, 0.6) is 0 Å². The van der Waals surface area contributed by atoms with E-state index in [1.807, 2.05) is 0 Å². The summed E-state index contributed by atoms with van der Waals surface area (Å²) in [4.78, 5) is 11.0. The fraction of sp³-hybridized carbons (Fsp3) is 0.286. The number of alkyl halides is 3. The van der Waals surface area contributed by atoms with Crippen LogP contribution in [0.1, 0.15) is 4.88 Å². The Morgan fingerprint density at radius 1 is 1.50 bits per heavy atom. The quantitative estimate of drug-likeness (QED) is 0.850. The Bertz CT molecular complexity index is 336.